The largest absolute Gasteiger partial charge is 0.393 e. The van der Waals surface area contributed by atoms with Crippen molar-refractivity contribution in [3.63, 3.8) is 0 Å². The van der Waals surface area contributed by atoms with Crippen LogP contribution in [0.4, 0.5) is 0 Å². The molecule has 1 fully saturated rings. The van der Waals surface area contributed by atoms with Crippen molar-refractivity contribution >= 4 is 29.9 Å². The van der Waals surface area contributed by atoms with E-state index >= 15 is 0 Å². The molecule has 21 heavy (non-hydrogen) atoms. The number of hydrogen-bond donors (Lipinski definition) is 3. The number of aliphatic hydroxyl groups is 1. The highest BCUT2D eigenvalue weighted by Crippen LogP contribution is 2.09. The lowest BCUT2D eigenvalue weighted by atomic mass is 10.1. The van der Waals surface area contributed by atoms with Gasteiger partial charge in [0.15, 0.2) is 5.96 Å². The highest BCUT2D eigenvalue weighted by Gasteiger charge is 2.15. The van der Waals surface area contributed by atoms with Gasteiger partial charge in [-0.05, 0) is 39.2 Å². The molecule has 126 valence electrons. The zero-order chi connectivity index (χ0) is 14.6. The fraction of sp³-hybridized carbons (Fsp3) is 0.933. The first kappa shape index (κ1) is 20.9. The van der Waals surface area contributed by atoms with Crippen LogP contribution in [0.3, 0.4) is 0 Å². The number of likely N-dealkylation sites (tertiary alicyclic amines) is 1. The Morgan fingerprint density at radius 1 is 1.19 bits per heavy atom. The van der Waals surface area contributed by atoms with Gasteiger partial charge in [-0.3, -0.25) is 4.99 Å². The highest BCUT2D eigenvalue weighted by molar-refractivity contribution is 14.0. The minimum atomic E-state index is -0.0765. The highest BCUT2D eigenvalue weighted by atomic mass is 127. The molecule has 1 saturated heterocycles. The number of guanidine groups is 1. The van der Waals surface area contributed by atoms with Crippen molar-refractivity contribution in [1.82, 2.24) is 15.5 Å². The van der Waals surface area contributed by atoms with Gasteiger partial charge < -0.3 is 20.6 Å². The normalized spacial score (nSPS) is 17.4. The van der Waals surface area contributed by atoms with Gasteiger partial charge >= 0.3 is 0 Å². The van der Waals surface area contributed by atoms with E-state index in [0.29, 0.717) is 0 Å². The summed E-state index contributed by atoms with van der Waals surface area (Å²) in [6.07, 6.45) is 5.23. The molecule has 6 heteroatoms. The first-order valence-electron chi connectivity index (χ1n) is 8.18. The molecule has 1 aliphatic heterocycles. The maximum absolute atomic E-state index is 9.47. The van der Waals surface area contributed by atoms with Gasteiger partial charge in [-0.15, -0.1) is 24.0 Å². The van der Waals surface area contributed by atoms with Crippen molar-refractivity contribution in [3.8, 4) is 0 Å². The van der Waals surface area contributed by atoms with Gasteiger partial charge in [0.05, 0.1) is 6.10 Å². The number of halogens is 1. The monoisotopic (exact) mass is 412 g/mol. The average molecular weight is 412 g/mol. The van der Waals surface area contributed by atoms with Crippen molar-refractivity contribution in [2.45, 2.75) is 52.1 Å². The van der Waals surface area contributed by atoms with E-state index in [1.165, 1.54) is 12.8 Å². The third kappa shape index (κ3) is 10.3. The van der Waals surface area contributed by atoms with E-state index in [2.05, 4.69) is 34.4 Å². The molecule has 0 radical (unpaired) electrons. The predicted molar refractivity (Wildman–Crippen MR) is 101 cm³/mol. The Morgan fingerprint density at radius 2 is 1.90 bits per heavy atom. The van der Waals surface area contributed by atoms with Crippen LogP contribution in [0.1, 0.15) is 46.0 Å². The Balaban J connectivity index is 0.00000400. The van der Waals surface area contributed by atoms with Gasteiger partial charge in [-0.1, -0.05) is 13.3 Å². The molecule has 5 nitrogen and oxygen atoms in total. The van der Waals surface area contributed by atoms with Gasteiger partial charge in [0.1, 0.15) is 0 Å². The minimum absolute atomic E-state index is 0. The van der Waals surface area contributed by atoms with Crippen LogP contribution in [0.2, 0.25) is 0 Å². The number of nitrogens with zero attached hydrogens (tertiary/aromatic N) is 2. The minimum Gasteiger partial charge on any atom is -0.393 e. The van der Waals surface area contributed by atoms with Crippen LogP contribution >= 0.6 is 24.0 Å². The summed E-state index contributed by atoms with van der Waals surface area (Å²) >= 11 is 0. The number of unbranched alkanes of at least 4 members (excludes halogenated alkanes) is 1. The lowest BCUT2D eigenvalue weighted by Gasteiger charge is -2.29. The summed E-state index contributed by atoms with van der Waals surface area (Å²) < 4.78 is 0. The molecule has 0 bridgehead atoms. The van der Waals surface area contributed by atoms with Gasteiger partial charge in [0, 0.05) is 32.7 Å². The molecule has 3 N–H and O–H groups in total. The zero-order valence-corrected chi connectivity index (χ0v) is 15.9. The van der Waals surface area contributed by atoms with E-state index in [-0.39, 0.29) is 30.1 Å². The van der Waals surface area contributed by atoms with Crippen molar-refractivity contribution in [2.24, 2.45) is 4.99 Å². The van der Waals surface area contributed by atoms with E-state index in [0.717, 1.165) is 64.5 Å². The van der Waals surface area contributed by atoms with Gasteiger partial charge in [-0.25, -0.2) is 0 Å². The number of hydrogen-bond acceptors (Lipinski definition) is 3. The Kier molecular flexibility index (Phi) is 13.5. The fourth-order valence-corrected chi connectivity index (χ4v) is 2.35. The molecule has 1 rings (SSSR count). The van der Waals surface area contributed by atoms with Crippen LogP contribution < -0.4 is 10.6 Å². The van der Waals surface area contributed by atoms with E-state index < -0.39 is 0 Å². The summed E-state index contributed by atoms with van der Waals surface area (Å²) in [5, 5.41) is 16.1. The molecule has 0 aliphatic carbocycles. The van der Waals surface area contributed by atoms with Crippen molar-refractivity contribution in [1.29, 1.82) is 0 Å². The molecule has 0 aromatic carbocycles. The Bertz CT molecular complexity index is 268. The smallest absolute Gasteiger partial charge is 0.191 e. The molecule has 0 saturated carbocycles. The zero-order valence-electron chi connectivity index (χ0n) is 13.6. The third-order valence-electron chi connectivity index (χ3n) is 3.63. The van der Waals surface area contributed by atoms with E-state index in [1.807, 2.05) is 0 Å². The second-order valence-corrected chi connectivity index (χ2v) is 5.47. The first-order chi connectivity index (χ1) is 9.76. The van der Waals surface area contributed by atoms with Gasteiger partial charge in [0.2, 0.25) is 0 Å². The lowest BCUT2D eigenvalue weighted by molar-refractivity contribution is 0.0824. The molecule has 0 aromatic heterocycles. The first-order valence-corrected chi connectivity index (χ1v) is 8.18. The molecule has 0 aromatic rings. The van der Waals surface area contributed by atoms with Crippen LogP contribution in [-0.2, 0) is 0 Å². The standard InChI is InChI=1S/C15H32N4O.HI/c1-3-5-9-17-15(16-4-2)18-10-6-11-19-12-7-14(20)8-13-19;/h14,20H,3-13H2,1-2H3,(H2,16,17,18);1H. The third-order valence-corrected chi connectivity index (χ3v) is 3.63. The van der Waals surface area contributed by atoms with Gasteiger partial charge in [0.25, 0.3) is 0 Å². The predicted octanol–water partition coefficient (Wildman–Crippen LogP) is 1.81. The molecule has 1 aliphatic rings. The number of aliphatic hydroxyl groups excluding tert-OH is 1. The Labute approximate surface area is 147 Å². The maximum Gasteiger partial charge on any atom is 0.191 e. The van der Waals surface area contributed by atoms with Crippen molar-refractivity contribution in [3.05, 3.63) is 0 Å². The summed E-state index contributed by atoms with van der Waals surface area (Å²) in [4.78, 5) is 7.03. The summed E-state index contributed by atoms with van der Waals surface area (Å²) in [5.74, 6) is 0.940. The van der Waals surface area contributed by atoms with Crippen LogP contribution in [-0.4, -0.2) is 61.3 Å². The fourth-order valence-electron chi connectivity index (χ4n) is 2.35. The van der Waals surface area contributed by atoms with E-state index in [9.17, 15) is 5.11 Å². The molecular weight excluding hydrogens is 379 g/mol. The number of rotatable bonds is 8. The molecule has 1 heterocycles. The summed E-state index contributed by atoms with van der Waals surface area (Å²) in [6.45, 7) is 10.2. The molecule has 0 amide bonds. The molecular formula is C15H33IN4O. The molecule has 0 atom stereocenters. The second-order valence-electron chi connectivity index (χ2n) is 5.47. The number of aliphatic imine (C=N–C) groups is 1. The van der Waals surface area contributed by atoms with Crippen LogP contribution in [0.25, 0.3) is 0 Å². The van der Waals surface area contributed by atoms with Crippen LogP contribution in [0.15, 0.2) is 4.99 Å². The number of nitrogens with one attached hydrogen (secondary N) is 2. The van der Waals surface area contributed by atoms with Crippen LogP contribution in [0.5, 0.6) is 0 Å². The van der Waals surface area contributed by atoms with Crippen molar-refractivity contribution in [2.75, 3.05) is 39.3 Å². The topological polar surface area (TPSA) is 59.9 Å². The maximum atomic E-state index is 9.47. The molecule has 0 unspecified atom stereocenters. The van der Waals surface area contributed by atoms with E-state index in [1.54, 1.807) is 0 Å². The van der Waals surface area contributed by atoms with E-state index in [4.69, 9.17) is 0 Å². The Morgan fingerprint density at radius 3 is 2.52 bits per heavy atom. The average Bonchev–Trinajstić information content (AvgIpc) is 2.45. The van der Waals surface area contributed by atoms with Crippen molar-refractivity contribution < 1.29 is 5.11 Å². The lowest BCUT2D eigenvalue weighted by Crippen LogP contribution is -2.38. The van der Waals surface area contributed by atoms with Crippen LogP contribution in [0, 0.1) is 0 Å². The quantitative estimate of drug-likeness (QED) is 0.246. The second kappa shape index (κ2) is 13.6. The summed E-state index contributed by atoms with van der Waals surface area (Å²) in [7, 11) is 0. The number of piperidine rings is 1. The summed E-state index contributed by atoms with van der Waals surface area (Å²) in [6, 6.07) is 0. The Hall–Kier alpha value is -0.0800. The summed E-state index contributed by atoms with van der Waals surface area (Å²) in [5.41, 5.74) is 0. The SMILES string of the molecule is CCCCNC(=NCCCN1CCC(O)CC1)NCC.I. The van der Waals surface area contributed by atoms with Gasteiger partial charge in [-0.2, -0.15) is 0 Å². The molecule has 0 spiro atoms.